The van der Waals surface area contributed by atoms with Gasteiger partial charge in [-0.25, -0.2) is 0 Å². The Morgan fingerprint density at radius 3 is 1.25 bits per heavy atom. The number of alkyl halides is 6. The van der Waals surface area contributed by atoms with Crippen molar-refractivity contribution in [3.8, 4) is 0 Å². The summed E-state index contributed by atoms with van der Waals surface area (Å²) in [5.74, 6) is 0. The first-order valence-electron chi connectivity index (χ1n) is 6.85. The van der Waals surface area contributed by atoms with Crippen LogP contribution in [0.4, 0.5) is 37.7 Å². The number of benzene rings is 1. The number of hydrogen-bond acceptors (Lipinski definition) is 2. The van der Waals surface area contributed by atoms with Crippen LogP contribution in [0.3, 0.4) is 0 Å². The fourth-order valence-electron chi connectivity index (χ4n) is 2.02. The fraction of sp³-hybridized carbons (Fsp3) is 0.375. The molecule has 0 saturated carbocycles. The van der Waals surface area contributed by atoms with Gasteiger partial charge in [-0.2, -0.15) is 26.3 Å². The van der Waals surface area contributed by atoms with Crippen LogP contribution in [0, 0.1) is 0 Å². The van der Waals surface area contributed by atoms with Gasteiger partial charge in [-0.05, 0) is 35.4 Å². The molecule has 0 N–H and O–H groups in total. The Kier molecular flexibility index (Phi) is 5.97. The summed E-state index contributed by atoms with van der Waals surface area (Å²) in [6.07, 6.45) is -7.21. The van der Waals surface area contributed by atoms with Crippen molar-refractivity contribution in [3.63, 3.8) is 0 Å². The molecule has 134 valence electrons. The second kappa shape index (κ2) is 7.19. The Hall–Kier alpha value is -2.12. The number of halogens is 6. The molecule has 0 bridgehead atoms. The van der Waals surface area contributed by atoms with Gasteiger partial charge >= 0.3 is 12.4 Å². The fourth-order valence-corrected chi connectivity index (χ4v) is 2.02. The molecule has 8 heteroatoms. The first-order chi connectivity index (χ1) is 10.8. The average molecular weight is 352 g/mol. The summed E-state index contributed by atoms with van der Waals surface area (Å²) in [6, 6.07) is 2.85. The number of rotatable bonds is 4. The van der Waals surface area contributed by atoms with E-state index < -0.39 is 12.4 Å². The van der Waals surface area contributed by atoms with E-state index in [9.17, 15) is 26.3 Å². The van der Waals surface area contributed by atoms with E-state index in [1.165, 1.54) is 6.07 Å². The minimum absolute atomic E-state index is 0.0575. The Bertz CT molecular complexity index is 573. The molecule has 0 heterocycles. The molecule has 0 atom stereocenters. The third-order valence-corrected chi connectivity index (χ3v) is 3.04. The molecule has 2 nitrogen and oxygen atoms in total. The average Bonchev–Trinajstić information content (AvgIpc) is 2.40. The molecule has 0 spiro atoms. The van der Waals surface area contributed by atoms with Crippen molar-refractivity contribution in [2.75, 3.05) is 38.0 Å². The van der Waals surface area contributed by atoms with Gasteiger partial charge in [0.25, 0.3) is 0 Å². The van der Waals surface area contributed by atoms with E-state index in [1.54, 1.807) is 44.1 Å². The summed E-state index contributed by atoms with van der Waals surface area (Å²) in [6.45, 7) is 0. The van der Waals surface area contributed by atoms with Crippen molar-refractivity contribution >= 4 is 23.5 Å². The second-order valence-corrected chi connectivity index (χ2v) is 5.51. The topological polar surface area (TPSA) is 6.48 Å². The van der Waals surface area contributed by atoms with Gasteiger partial charge in [0.15, 0.2) is 0 Å². The predicted molar refractivity (Wildman–Crippen MR) is 85.3 cm³/mol. The van der Waals surface area contributed by atoms with Gasteiger partial charge in [-0.15, -0.1) is 0 Å². The van der Waals surface area contributed by atoms with Crippen molar-refractivity contribution in [2.24, 2.45) is 0 Å². The number of nitrogens with zero attached hydrogens (tertiary/aromatic N) is 2. The zero-order valence-corrected chi connectivity index (χ0v) is 13.6. The van der Waals surface area contributed by atoms with E-state index in [4.69, 9.17) is 0 Å². The van der Waals surface area contributed by atoms with E-state index in [2.05, 4.69) is 0 Å². The monoisotopic (exact) mass is 352 g/mol. The highest BCUT2D eigenvalue weighted by Gasteiger charge is 2.24. The summed E-state index contributed by atoms with van der Waals surface area (Å²) in [4.78, 5) is 3.20. The first kappa shape index (κ1) is 19.9. The number of hydrogen-bond donors (Lipinski definition) is 0. The second-order valence-electron chi connectivity index (χ2n) is 5.51. The Balaban J connectivity index is 3.52. The maximum absolute atomic E-state index is 12.4. The normalized spacial score (nSPS) is 13.1. The largest absolute Gasteiger partial charge is 0.409 e. The maximum atomic E-state index is 12.4. The lowest BCUT2D eigenvalue weighted by Crippen LogP contribution is -2.15. The minimum atomic E-state index is -4.51. The van der Waals surface area contributed by atoms with Gasteiger partial charge in [0, 0.05) is 51.7 Å². The molecular weight excluding hydrogens is 334 g/mol. The quantitative estimate of drug-likeness (QED) is 0.706. The lowest BCUT2D eigenvalue weighted by Gasteiger charge is -2.23. The lowest BCUT2D eigenvalue weighted by atomic mass is 10.0. The van der Waals surface area contributed by atoms with Crippen molar-refractivity contribution in [1.82, 2.24) is 0 Å². The molecule has 0 aliphatic heterocycles. The van der Waals surface area contributed by atoms with Crippen LogP contribution in [0.15, 0.2) is 24.3 Å². The van der Waals surface area contributed by atoms with Gasteiger partial charge in [-0.1, -0.05) is 0 Å². The molecule has 0 saturated heterocycles. The summed E-state index contributed by atoms with van der Waals surface area (Å²) in [5.41, 5.74) is 1.27. The molecule has 0 aliphatic rings. The Labute approximate surface area is 136 Å². The van der Waals surface area contributed by atoms with Crippen LogP contribution in [-0.4, -0.2) is 40.5 Å². The van der Waals surface area contributed by atoms with Gasteiger partial charge in [0.1, 0.15) is 0 Å². The third-order valence-electron chi connectivity index (χ3n) is 3.04. The van der Waals surface area contributed by atoms with Crippen LogP contribution in [0.25, 0.3) is 12.2 Å². The number of allylic oxidation sites excluding steroid dienone is 2. The highest BCUT2D eigenvalue weighted by atomic mass is 19.4. The molecule has 0 fully saturated rings. The SMILES string of the molecule is CN(C)c1cc(N(C)C)c(/C=C/C(F)(F)F)cc1/C=C/C(F)(F)F. The number of anilines is 2. The molecule has 24 heavy (non-hydrogen) atoms. The lowest BCUT2D eigenvalue weighted by molar-refractivity contribution is -0.0800. The molecule has 1 rings (SSSR count). The van der Waals surface area contributed by atoms with Crippen molar-refractivity contribution in [2.45, 2.75) is 12.4 Å². The highest BCUT2D eigenvalue weighted by molar-refractivity contribution is 5.80. The summed E-state index contributed by atoms with van der Waals surface area (Å²) in [7, 11) is 6.58. The molecule has 0 aromatic heterocycles. The third kappa shape index (κ3) is 6.17. The zero-order chi connectivity index (χ0) is 18.7. The van der Waals surface area contributed by atoms with Crippen LogP contribution in [0.2, 0.25) is 0 Å². The van der Waals surface area contributed by atoms with Gasteiger partial charge in [0.2, 0.25) is 0 Å². The molecule has 1 aromatic carbocycles. The summed E-state index contributed by atoms with van der Waals surface area (Å²) >= 11 is 0. The van der Waals surface area contributed by atoms with Crippen LogP contribution in [-0.2, 0) is 0 Å². The molecule has 0 radical (unpaired) electrons. The van der Waals surface area contributed by atoms with Crippen LogP contribution >= 0.6 is 0 Å². The standard InChI is InChI=1S/C16H18F6N2/c1-23(2)13-10-14(24(3)4)12(6-8-16(20,21)22)9-11(13)5-7-15(17,18)19/h5-10H,1-4H3/b7-5+,8-6+. The van der Waals surface area contributed by atoms with Gasteiger partial charge in [-0.3, -0.25) is 0 Å². The molecule has 0 aliphatic carbocycles. The van der Waals surface area contributed by atoms with Crippen molar-refractivity contribution in [3.05, 3.63) is 35.4 Å². The van der Waals surface area contributed by atoms with Crippen molar-refractivity contribution in [1.29, 1.82) is 0 Å². The highest BCUT2D eigenvalue weighted by Crippen LogP contribution is 2.33. The van der Waals surface area contributed by atoms with Crippen LogP contribution in [0.1, 0.15) is 11.1 Å². The first-order valence-corrected chi connectivity index (χ1v) is 6.85. The van der Waals surface area contributed by atoms with Crippen LogP contribution in [0.5, 0.6) is 0 Å². The molecule has 1 aromatic rings. The molecule has 0 amide bonds. The van der Waals surface area contributed by atoms with E-state index >= 15 is 0 Å². The van der Waals surface area contributed by atoms with Gasteiger partial charge < -0.3 is 9.80 Å². The molecular formula is C16H18F6N2. The van der Waals surface area contributed by atoms with Gasteiger partial charge in [0.05, 0.1) is 0 Å². The zero-order valence-electron chi connectivity index (χ0n) is 13.6. The Morgan fingerprint density at radius 2 is 1.00 bits per heavy atom. The molecule has 0 unspecified atom stereocenters. The summed E-state index contributed by atoms with van der Waals surface area (Å²) < 4.78 is 74.5. The van der Waals surface area contributed by atoms with E-state index in [0.717, 1.165) is 12.2 Å². The Morgan fingerprint density at radius 1 is 0.667 bits per heavy atom. The smallest absolute Gasteiger partial charge is 0.377 e. The van der Waals surface area contributed by atoms with Crippen LogP contribution < -0.4 is 9.80 Å². The summed E-state index contributed by atoms with van der Waals surface area (Å²) in [5, 5.41) is 0. The maximum Gasteiger partial charge on any atom is 0.409 e. The van der Waals surface area contributed by atoms with E-state index in [-0.39, 0.29) is 23.3 Å². The van der Waals surface area contributed by atoms with E-state index in [1.807, 2.05) is 0 Å². The predicted octanol–water partition coefficient (Wildman–Crippen LogP) is 4.97. The van der Waals surface area contributed by atoms with E-state index in [0.29, 0.717) is 11.4 Å². The minimum Gasteiger partial charge on any atom is -0.377 e. The van der Waals surface area contributed by atoms with Crippen molar-refractivity contribution < 1.29 is 26.3 Å².